The van der Waals surface area contributed by atoms with Crippen molar-refractivity contribution in [2.75, 3.05) is 13.1 Å². The molecule has 166 valence electrons. The van der Waals surface area contributed by atoms with Crippen molar-refractivity contribution < 1.29 is 4.79 Å². The molecule has 4 aromatic rings. The lowest BCUT2D eigenvalue weighted by molar-refractivity contribution is -0.127. The maximum Gasteiger partial charge on any atom is 0.246 e. The lowest BCUT2D eigenvalue weighted by atomic mass is 10.1. The largest absolute Gasteiger partial charge is 0.337 e. The maximum atomic E-state index is 12.2. The molecule has 33 heavy (non-hydrogen) atoms. The van der Waals surface area contributed by atoms with Gasteiger partial charge in [-0.25, -0.2) is 9.67 Å². The second-order valence-corrected chi connectivity index (χ2v) is 8.46. The van der Waals surface area contributed by atoms with Crippen LogP contribution in [0.4, 0.5) is 0 Å². The molecule has 1 aromatic carbocycles. The number of pyridine rings is 2. The summed E-state index contributed by atoms with van der Waals surface area (Å²) in [5, 5.41) is 6.31. The number of carbonyl (C=O) groups excluding carboxylic acids is 1. The fraction of sp³-hybridized carbons (Fsp3) is 0.200. The van der Waals surface area contributed by atoms with E-state index in [1.165, 1.54) is 18.2 Å². The number of piperidine rings is 1. The zero-order valence-corrected chi connectivity index (χ0v) is 18.7. The molecule has 0 saturated carbocycles. The number of halogens is 1. The third kappa shape index (κ3) is 3.96. The van der Waals surface area contributed by atoms with Crippen molar-refractivity contribution in [1.82, 2.24) is 24.2 Å². The molecule has 7 nitrogen and oxygen atoms in total. The highest BCUT2D eigenvalue weighted by molar-refractivity contribution is 6.36. The molecule has 0 aliphatic carbocycles. The number of nitrogens with zero attached hydrogens (tertiary/aromatic N) is 5. The van der Waals surface area contributed by atoms with Gasteiger partial charge >= 0.3 is 0 Å². The SMILES string of the molecule is C=CC(=O)N1CCCC(n2nc(-c3ccc(-n4ccc(=O)cc4)cc3)c3c(Cl)ccnc32)C1. The van der Waals surface area contributed by atoms with Crippen LogP contribution in [0.2, 0.25) is 5.02 Å². The molecule has 1 saturated heterocycles. The number of aromatic nitrogens is 4. The Morgan fingerprint density at radius 1 is 1.12 bits per heavy atom. The molecule has 3 aromatic heterocycles. The van der Waals surface area contributed by atoms with E-state index in [1.807, 2.05) is 33.5 Å². The Morgan fingerprint density at radius 3 is 2.61 bits per heavy atom. The number of rotatable bonds is 4. The van der Waals surface area contributed by atoms with Gasteiger partial charge in [-0.1, -0.05) is 30.3 Å². The number of hydrogen-bond acceptors (Lipinski definition) is 4. The number of benzene rings is 1. The Bertz CT molecular complexity index is 1390. The normalized spacial score (nSPS) is 16.2. The minimum atomic E-state index is -0.0690. The van der Waals surface area contributed by atoms with Gasteiger partial charge in [-0.05, 0) is 37.1 Å². The van der Waals surface area contributed by atoms with Crippen LogP contribution in [0.25, 0.3) is 28.0 Å². The van der Waals surface area contributed by atoms with Crippen molar-refractivity contribution >= 4 is 28.5 Å². The predicted octanol–water partition coefficient (Wildman–Crippen LogP) is 4.25. The van der Waals surface area contributed by atoms with E-state index in [1.54, 1.807) is 29.6 Å². The Hall–Kier alpha value is -3.71. The van der Waals surface area contributed by atoms with E-state index < -0.39 is 0 Å². The molecule has 5 rings (SSSR count). The third-order valence-electron chi connectivity index (χ3n) is 6.01. The Morgan fingerprint density at radius 2 is 1.88 bits per heavy atom. The molecule has 1 unspecified atom stereocenters. The van der Waals surface area contributed by atoms with Gasteiger partial charge in [-0.2, -0.15) is 5.10 Å². The number of likely N-dealkylation sites (tertiary alicyclic amines) is 1. The minimum absolute atomic E-state index is 0.00491. The zero-order chi connectivity index (χ0) is 22.9. The summed E-state index contributed by atoms with van der Waals surface area (Å²) in [4.78, 5) is 30.0. The quantitative estimate of drug-likeness (QED) is 0.427. The molecule has 0 spiro atoms. The van der Waals surface area contributed by atoms with Crippen LogP contribution >= 0.6 is 11.6 Å². The molecule has 1 aliphatic heterocycles. The molecule has 1 amide bonds. The van der Waals surface area contributed by atoms with Gasteiger partial charge in [0.1, 0.15) is 5.69 Å². The molecule has 1 fully saturated rings. The molecule has 0 radical (unpaired) electrons. The minimum Gasteiger partial charge on any atom is -0.337 e. The highest BCUT2D eigenvalue weighted by atomic mass is 35.5. The summed E-state index contributed by atoms with van der Waals surface area (Å²) in [6.45, 7) is 4.88. The summed E-state index contributed by atoms with van der Waals surface area (Å²) in [5.74, 6) is -0.0690. The van der Waals surface area contributed by atoms with Gasteiger partial charge in [0.2, 0.25) is 5.91 Å². The highest BCUT2D eigenvalue weighted by Gasteiger charge is 2.27. The van der Waals surface area contributed by atoms with Crippen LogP contribution in [0, 0.1) is 0 Å². The Balaban J connectivity index is 1.55. The van der Waals surface area contributed by atoms with E-state index in [-0.39, 0.29) is 17.4 Å². The fourth-order valence-electron chi connectivity index (χ4n) is 4.34. The first-order chi connectivity index (χ1) is 16.0. The van der Waals surface area contributed by atoms with Crippen molar-refractivity contribution in [2.24, 2.45) is 0 Å². The highest BCUT2D eigenvalue weighted by Crippen LogP contribution is 2.35. The molecule has 8 heteroatoms. The van der Waals surface area contributed by atoms with Gasteiger partial charge in [0.25, 0.3) is 0 Å². The monoisotopic (exact) mass is 459 g/mol. The van der Waals surface area contributed by atoms with E-state index in [4.69, 9.17) is 16.7 Å². The lowest BCUT2D eigenvalue weighted by Gasteiger charge is -2.32. The van der Waals surface area contributed by atoms with Gasteiger partial charge in [0.05, 0.1) is 16.5 Å². The second kappa shape index (κ2) is 8.67. The first-order valence-corrected chi connectivity index (χ1v) is 11.2. The number of fused-ring (bicyclic) bond motifs is 1. The van der Waals surface area contributed by atoms with Crippen LogP contribution in [-0.2, 0) is 4.79 Å². The maximum absolute atomic E-state index is 12.2. The van der Waals surface area contributed by atoms with Crippen molar-refractivity contribution in [2.45, 2.75) is 18.9 Å². The van der Waals surface area contributed by atoms with Gasteiger partial charge < -0.3 is 9.47 Å². The molecular formula is C25H22ClN5O2. The van der Waals surface area contributed by atoms with E-state index >= 15 is 0 Å². The van der Waals surface area contributed by atoms with Crippen LogP contribution in [0.1, 0.15) is 18.9 Å². The van der Waals surface area contributed by atoms with Crippen molar-refractivity contribution in [1.29, 1.82) is 0 Å². The van der Waals surface area contributed by atoms with Crippen LogP contribution in [0.15, 0.2) is 78.5 Å². The van der Waals surface area contributed by atoms with E-state index in [9.17, 15) is 9.59 Å². The Kier molecular flexibility index (Phi) is 5.56. The van der Waals surface area contributed by atoms with Crippen LogP contribution in [-0.4, -0.2) is 43.2 Å². The van der Waals surface area contributed by atoms with Crippen LogP contribution < -0.4 is 5.43 Å². The number of amides is 1. The molecule has 4 heterocycles. The number of carbonyl (C=O) groups is 1. The van der Waals surface area contributed by atoms with Crippen LogP contribution in [0.5, 0.6) is 0 Å². The Labute approximate surface area is 195 Å². The summed E-state index contributed by atoms with van der Waals surface area (Å²) in [5.41, 5.74) is 3.27. The van der Waals surface area contributed by atoms with Gasteiger partial charge in [-0.3, -0.25) is 9.59 Å². The lowest BCUT2D eigenvalue weighted by Crippen LogP contribution is -2.40. The van der Waals surface area contributed by atoms with Crippen molar-refractivity contribution in [3.8, 4) is 16.9 Å². The topological polar surface area (TPSA) is 73.0 Å². The third-order valence-corrected chi connectivity index (χ3v) is 6.32. The average molecular weight is 460 g/mol. The van der Waals surface area contributed by atoms with Crippen molar-refractivity contribution in [3.63, 3.8) is 0 Å². The predicted molar refractivity (Wildman–Crippen MR) is 129 cm³/mol. The van der Waals surface area contributed by atoms with Gasteiger partial charge in [0, 0.05) is 55.1 Å². The summed E-state index contributed by atoms with van der Waals surface area (Å²) in [7, 11) is 0. The standard InChI is InChI=1S/C25H22ClN5O2/c1-2-22(33)30-13-3-4-19(16-30)31-25-23(21(26)9-12-27-25)24(28-31)17-5-7-18(8-6-17)29-14-10-20(32)11-15-29/h2,5-12,14-15,19H,1,3-4,13,16H2. The smallest absolute Gasteiger partial charge is 0.246 e. The first-order valence-electron chi connectivity index (χ1n) is 10.8. The molecule has 1 atom stereocenters. The molecule has 1 aliphatic rings. The average Bonchev–Trinajstić information content (AvgIpc) is 3.25. The van der Waals surface area contributed by atoms with Gasteiger partial charge in [0.15, 0.2) is 11.1 Å². The van der Waals surface area contributed by atoms with E-state index in [0.29, 0.717) is 23.8 Å². The number of hydrogen-bond donors (Lipinski definition) is 0. The molecular weight excluding hydrogens is 438 g/mol. The van der Waals surface area contributed by atoms with Gasteiger partial charge in [-0.15, -0.1) is 0 Å². The summed E-state index contributed by atoms with van der Waals surface area (Å²) >= 11 is 6.60. The van der Waals surface area contributed by atoms with E-state index in [0.717, 1.165) is 35.2 Å². The zero-order valence-electron chi connectivity index (χ0n) is 17.9. The summed E-state index contributed by atoms with van der Waals surface area (Å²) in [6.07, 6.45) is 8.30. The summed E-state index contributed by atoms with van der Waals surface area (Å²) < 4.78 is 3.79. The molecule has 0 bridgehead atoms. The fourth-order valence-corrected chi connectivity index (χ4v) is 4.57. The van der Waals surface area contributed by atoms with E-state index in [2.05, 4.69) is 11.6 Å². The van der Waals surface area contributed by atoms with Crippen molar-refractivity contribution in [3.05, 3.63) is 89.0 Å². The summed E-state index contributed by atoms with van der Waals surface area (Å²) in [6, 6.07) is 12.7. The second-order valence-electron chi connectivity index (χ2n) is 8.06. The molecule has 0 N–H and O–H groups in total. The van der Waals surface area contributed by atoms with Crippen LogP contribution in [0.3, 0.4) is 0 Å². The first kappa shape index (κ1) is 21.2.